The predicted octanol–water partition coefficient (Wildman–Crippen LogP) is 5.29. The van der Waals surface area contributed by atoms with Crippen LogP contribution >= 0.6 is 0 Å². The molecule has 2 aliphatic rings. The largest absolute Gasteiger partial charge is 0.497 e. The number of benzene rings is 2. The highest BCUT2D eigenvalue weighted by atomic mass is 19.4. The Balaban J connectivity index is 1.28. The molecule has 2 fully saturated rings. The van der Waals surface area contributed by atoms with Crippen molar-refractivity contribution >= 4 is 5.91 Å². The molecule has 0 saturated carbocycles. The number of carbonyl (C=O) groups excluding carboxylic acids is 1. The van der Waals surface area contributed by atoms with Gasteiger partial charge in [0, 0.05) is 12.6 Å². The van der Waals surface area contributed by atoms with Crippen LogP contribution in [0.15, 0.2) is 42.5 Å². The second kappa shape index (κ2) is 10.8. The van der Waals surface area contributed by atoms with Crippen molar-refractivity contribution in [3.05, 3.63) is 65.0 Å². The lowest BCUT2D eigenvalue weighted by atomic mass is 9.87. The fraction of sp³-hybridized carbons (Fsp3) is 0.519. The Hall–Kier alpha value is -2.65. The third-order valence-corrected chi connectivity index (χ3v) is 7.40. The summed E-state index contributed by atoms with van der Waals surface area (Å²) in [6, 6.07) is 10.4. The van der Waals surface area contributed by atoms with Crippen LogP contribution in [0.25, 0.3) is 0 Å². The first-order valence-corrected chi connectivity index (χ1v) is 12.2. The fourth-order valence-corrected chi connectivity index (χ4v) is 5.09. The van der Waals surface area contributed by atoms with Gasteiger partial charge in [-0.1, -0.05) is 12.1 Å². The molecular formula is C27H32F4N2O3. The van der Waals surface area contributed by atoms with Crippen LogP contribution in [0.2, 0.25) is 0 Å². The van der Waals surface area contributed by atoms with E-state index >= 15 is 0 Å². The average molecular weight is 509 g/mol. The van der Waals surface area contributed by atoms with Gasteiger partial charge in [-0.2, -0.15) is 13.2 Å². The second-order valence-corrected chi connectivity index (χ2v) is 9.85. The van der Waals surface area contributed by atoms with E-state index in [-0.39, 0.29) is 30.1 Å². The Kier molecular flexibility index (Phi) is 7.90. The minimum Gasteiger partial charge on any atom is -0.497 e. The highest BCUT2D eigenvalue weighted by molar-refractivity contribution is 5.84. The van der Waals surface area contributed by atoms with Gasteiger partial charge < -0.3 is 14.8 Å². The van der Waals surface area contributed by atoms with E-state index in [4.69, 9.17) is 9.47 Å². The van der Waals surface area contributed by atoms with E-state index < -0.39 is 17.3 Å². The van der Waals surface area contributed by atoms with Crippen LogP contribution in [0.4, 0.5) is 17.6 Å². The molecule has 0 aliphatic carbocycles. The summed E-state index contributed by atoms with van der Waals surface area (Å²) in [6.45, 7) is 3.92. The lowest BCUT2D eigenvalue weighted by molar-refractivity contribution is -0.157. The van der Waals surface area contributed by atoms with Crippen molar-refractivity contribution in [1.82, 2.24) is 10.2 Å². The van der Waals surface area contributed by atoms with Gasteiger partial charge in [-0.3, -0.25) is 9.69 Å². The number of likely N-dealkylation sites (tertiary alicyclic amines) is 1. The first-order valence-electron chi connectivity index (χ1n) is 12.2. The van der Waals surface area contributed by atoms with Crippen LogP contribution in [0.3, 0.4) is 0 Å². The number of methoxy groups -OCH3 is 1. The number of piperidine rings is 1. The number of hydrogen-bond acceptors (Lipinski definition) is 4. The second-order valence-electron chi connectivity index (χ2n) is 9.85. The molecule has 2 aromatic rings. The normalized spacial score (nSPS) is 23.9. The van der Waals surface area contributed by atoms with Crippen molar-refractivity contribution < 1.29 is 31.8 Å². The molecule has 2 atom stereocenters. The number of rotatable bonds is 6. The zero-order valence-electron chi connectivity index (χ0n) is 20.5. The summed E-state index contributed by atoms with van der Waals surface area (Å²) in [7, 11) is 1.30. The van der Waals surface area contributed by atoms with Gasteiger partial charge in [0.2, 0.25) is 0 Å². The average Bonchev–Trinajstić information content (AvgIpc) is 2.87. The minimum absolute atomic E-state index is 0.0572. The lowest BCUT2D eigenvalue weighted by Crippen LogP contribution is -2.54. The maximum atomic E-state index is 13.2. The molecule has 0 spiro atoms. The quantitative estimate of drug-likeness (QED) is 0.539. The van der Waals surface area contributed by atoms with Crippen molar-refractivity contribution in [1.29, 1.82) is 0 Å². The Morgan fingerprint density at radius 2 is 1.83 bits per heavy atom. The molecule has 2 aliphatic heterocycles. The predicted molar refractivity (Wildman–Crippen MR) is 127 cm³/mol. The molecule has 2 saturated heterocycles. The monoisotopic (exact) mass is 508 g/mol. The number of alkyl halides is 3. The number of hydrogen-bond donors (Lipinski definition) is 1. The van der Waals surface area contributed by atoms with E-state index in [1.54, 1.807) is 6.92 Å². The van der Waals surface area contributed by atoms with E-state index in [0.29, 0.717) is 24.5 Å². The third-order valence-electron chi connectivity index (χ3n) is 7.40. The van der Waals surface area contributed by atoms with Crippen LogP contribution in [-0.4, -0.2) is 49.3 Å². The number of amides is 1. The number of nitrogens with zero attached hydrogens (tertiary/aromatic N) is 1. The summed E-state index contributed by atoms with van der Waals surface area (Å²) in [4.78, 5) is 15.3. The molecule has 0 aromatic heterocycles. The SMILES string of the molecule is COc1cc(CNC(=O)[C@@]2(C)CC[C@@H](N3CCC(c4ccc(F)cc4)CC3)CO2)cc(C(F)(F)F)c1. The van der Waals surface area contributed by atoms with Gasteiger partial charge in [0.25, 0.3) is 5.91 Å². The summed E-state index contributed by atoms with van der Waals surface area (Å²) in [5.41, 5.74) is -0.388. The number of ether oxygens (including phenoxy) is 2. The van der Waals surface area contributed by atoms with Crippen LogP contribution in [0, 0.1) is 5.82 Å². The summed E-state index contributed by atoms with van der Waals surface area (Å²) in [5, 5.41) is 2.73. The molecule has 196 valence electrons. The van der Waals surface area contributed by atoms with E-state index in [1.165, 1.54) is 30.9 Å². The van der Waals surface area contributed by atoms with Crippen molar-refractivity contribution in [2.75, 3.05) is 26.8 Å². The van der Waals surface area contributed by atoms with E-state index in [1.807, 2.05) is 12.1 Å². The van der Waals surface area contributed by atoms with Gasteiger partial charge in [-0.05, 0) is 93.1 Å². The Labute approximate surface area is 208 Å². The highest BCUT2D eigenvalue weighted by Crippen LogP contribution is 2.34. The molecule has 0 bridgehead atoms. The number of halogens is 4. The zero-order chi connectivity index (χ0) is 25.9. The Morgan fingerprint density at radius 3 is 2.42 bits per heavy atom. The number of nitrogens with one attached hydrogen (secondary N) is 1. The van der Waals surface area contributed by atoms with Crippen LogP contribution in [0.5, 0.6) is 5.75 Å². The molecular weight excluding hydrogens is 476 g/mol. The molecule has 2 heterocycles. The molecule has 0 unspecified atom stereocenters. The van der Waals surface area contributed by atoms with Crippen LogP contribution in [-0.2, 0) is 22.3 Å². The van der Waals surface area contributed by atoms with E-state index in [2.05, 4.69) is 10.2 Å². The zero-order valence-corrected chi connectivity index (χ0v) is 20.5. The first kappa shape index (κ1) is 26.4. The molecule has 0 radical (unpaired) electrons. The van der Waals surface area contributed by atoms with Gasteiger partial charge in [0.1, 0.15) is 17.2 Å². The molecule has 9 heteroatoms. The Bertz CT molecular complexity index is 1040. The summed E-state index contributed by atoms with van der Waals surface area (Å²) in [6.07, 6.45) is -1.22. The standard InChI is InChI=1S/C27H32F4N2O3/c1-26(25(34)32-16-18-13-21(27(29,30)31)15-24(14-18)35-2)10-7-23(17-36-26)33-11-8-20(9-12-33)19-3-5-22(28)6-4-19/h3-6,13-15,20,23H,7-12,16-17H2,1-2H3,(H,32,34)/t23-,26-/m1/s1. The molecule has 5 nitrogen and oxygen atoms in total. The summed E-state index contributed by atoms with van der Waals surface area (Å²) in [5.74, 6) is -0.0679. The Morgan fingerprint density at radius 1 is 1.14 bits per heavy atom. The molecule has 1 N–H and O–H groups in total. The van der Waals surface area contributed by atoms with E-state index in [0.717, 1.165) is 44.5 Å². The molecule has 1 amide bonds. The van der Waals surface area contributed by atoms with Gasteiger partial charge >= 0.3 is 6.18 Å². The fourth-order valence-electron chi connectivity index (χ4n) is 5.09. The van der Waals surface area contributed by atoms with Crippen molar-refractivity contribution in [3.63, 3.8) is 0 Å². The van der Waals surface area contributed by atoms with Crippen LogP contribution < -0.4 is 10.1 Å². The minimum atomic E-state index is -4.51. The summed E-state index contributed by atoms with van der Waals surface area (Å²) < 4.78 is 63.7. The topological polar surface area (TPSA) is 50.8 Å². The van der Waals surface area contributed by atoms with Crippen LogP contribution in [0.1, 0.15) is 55.2 Å². The molecule has 36 heavy (non-hydrogen) atoms. The van der Waals surface area contributed by atoms with Crippen molar-refractivity contribution in [3.8, 4) is 5.75 Å². The molecule has 2 aromatic carbocycles. The number of carbonyl (C=O) groups is 1. The van der Waals surface area contributed by atoms with Gasteiger partial charge in [-0.25, -0.2) is 4.39 Å². The molecule has 4 rings (SSSR count). The first-order chi connectivity index (χ1) is 17.1. The maximum absolute atomic E-state index is 13.2. The lowest BCUT2D eigenvalue weighted by Gasteiger charge is -2.43. The summed E-state index contributed by atoms with van der Waals surface area (Å²) >= 11 is 0. The van der Waals surface area contributed by atoms with E-state index in [9.17, 15) is 22.4 Å². The smallest absolute Gasteiger partial charge is 0.416 e. The van der Waals surface area contributed by atoms with Gasteiger partial charge in [-0.15, -0.1) is 0 Å². The van der Waals surface area contributed by atoms with Gasteiger partial charge in [0.05, 0.1) is 19.3 Å². The maximum Gasteiger partial charge on any atom is 0.416 e. The van der Waals surface area contributed by atoms with Gasteiger partial charge in [0.15, 0.2) is 0 Å². The highest BCUT2D eigenvalue weighted by Gasteiger charge is 2.41. The van der Waals surface area contributed by atoms with Crippen molar-refractivity contribution in [2.45, 2.75) is 62.9 Å². The third kappa shape index (κ3) is 6.18. The van der Waals surface area contributed by atoms with Crippen molar-refractivity contribution in [2.24, 2.45) is 0 Å².